The molecule has 0 fully saturated rings. The van der Waals surface area contributed by atoms with Gasteiger partial charge in [-0.1, -0.05) is 46.2 Å². The van der Waals surface area contributed by atoms with Crippen LogP contribution in [-0.2, 0) is 6.42 Å². The van der Waals surface area contributed by atoms with Gasteiger partial charge in [0.15, 0.2) is 5.82 Å². The lowest BCUT2D eigenvalue weighted by molar-refractivity contribution is 0.385. The summed E-state index contributed by atoms with van der Waals surface area (Å²) in [6.07, 6.45) is 1.85. The number of aryl methyl sites for hydroxylation is 1. The molecule has 2 rings (SSSR count). The van der Waals surface area contributed by atoms with Crippen LogP contribution >= 0.6 is 15.9 Å². The van der Waals surface area contributed by atoms with E-state index in [0.29, 0.717) is 5.82 Å². The number of benzene rings is 1. The molecule has 4 heteroatoms. The highest BCUT2D eigenvalue weighted by molar-refractivity contribution is 9.10. The zero-order chi connectivity index (χ0) is 11.5. The van der Waals surface area contributed by atoms with Crippen molar-refractivity contribution >= 4 is 21.7 Å². The van der Waals surface area contributed by atoms with E-state index in [9.17, 15) is 0 Å². The first kappa shape index (κ1) is 11.2. The van der Waals surface area contributed by atoms with Gasteiger partial charge in [0.05, 0.1) is 5.56 Å². The summed E-state index contributed by atoms with van der Waals surface area (Å²) in [6, 6.07) is 7.93. The van der Waals surface area contributed by atoms with Gasteiger partial charge in [-0.05, 0) is 12.5 Å². The Morgan fingerprint density at radius 3 is 2.81 bits per heavy atom. The molecule has 1 heterocycles. The lowest BCUT2D eigenvalue weighted by atomic mass is 10.0. The van der Waals surface area contributed by atoms with Crippen LogP contribution in [0, 0.1) is 0 Å². The van der Waals surface area contributed by atoms with Gasteiger partial charge >= 0.3 is 0 Å². The second kappa shape index (κ2) is 4.70. The fourth-order valence-corrected chi connectivity index (χ4v) is 2.17. The summed E-state index contributed by atoms with van der Waals surface area (Å²) in [5.74, 6) is 1.31. The standard InChI is InChI=1S/C12H13BrN2O/c1-2-5-10-11(12(14)15-16-10)8-6-3-4-7-9(8)13/h3-4,6-7H,2,5H2,1H3,(H2,14,15). The quantitative estimate of drug-likeness (QED) is 0.934. The number of nitrogen functional groups attached to an aromatic ring is 1. The molecule has 0 unspecified atom stereocenters. The minimum Gasteiger partial charge on any atom is -0.380 e. The van der Waals surface area contributed by atoms with Crippen LogP contribution in [-0.4, -0.2) is 5.16 Å². The van der Waals surface area contributed by atoms with Gasteiger partial charge in [0.2, 0.25) is 0 Å². The van der Waals surface area contributed by atoms with E-state index in [4.69, 9.17) is 10.3 Å². The Kier molecular flexibility index (Phi) is 3.29. The molecule has 1 aromatic heterocycles. The number of rotatable bonds is 3. The average molecular weight is 281 g/mol. The van der Waals surface area contributed by atoms with Crippen LogP contribution < -0.4 is 5.73 Å². The third-order valence-electron chi connectivity index (χ3n) is 2.41. The maximum atomic E-state index is 5.85. The zero-order valence-corrected chi connectivity index (χ0v) is 10.6. The maximum absolute atomic E-state index is 5.85. The Bertz CT molecular complexity index is 494. The van der Waals surface area contributed by atoms with E-state index < -0.39 is 0 Å². The monoisotopic (exact) mass is 280 g/mol. The van der Waals surface area contributed by atoms with Crippen molar-refractivity contribution in [1.29, 1.82) is 0 Å². The molecule has 0 atom stereocenters. The average Bonchev–Trinajstić information content (AvgIpc) is 2.62. The van der Waals surface area contributed by atoms with Gasteiger partial charge in [0, 0.05) is 16.5 Å². The predicted octanol–water partition coefficient (Wildman–Crippen LogP) is 3.64. The Balaban J connectivity index is 2.54. The number of aromatic nitrogens is 1. The summed E-state index contributed by atoms with van der Waals surface area (Å²) in [6.45, 7) is 2.10. The smallest absolute Gasteiger partial charge is 0.175 e. The minimum atomic E-state index is 0.454. The SMILES string of the molecule is CCCc1onc(N)c1-c1ccccc1Br. The molecule has 0 aliphatic heterocycles. The molecule has 2 aromatic rings. The molecule has 2 N–H and O–H groups in total. The van der Waals surface area contributed by atoms with Crippen LogP contribution in [0.15, 0.2) is 33.3 Å². The Morgan fingerprint density at radius 2 is 2.12 bits per heavy atom. The van der Waals surface area contributed by atoms with E-state index in [1.54, 1.807) is 0 Å². The van der Waals surface area contributed by atoms with Crippen molar-refractivity contribution in [1.82, 2.24) is 5.16 Å². The molecule has 0 aliphatic rings. The van der Waals surface area contributed by atoms with Crippen molar-refractivity contribution in [2.75, 3.05) is 5.73 Å². The van der Waals surface area contributed by atoms with Gasteiger partial charge < -0.3 is 10.3 Å². The lowest BCUT2D eigenvalue weighted by Gasteiger charge is -2.03. The summed E-state index contributed by atoms with van der Waals surface area (Å²) in [4.78, 5) is 0. The van der Waals surface area contributed by atoms with E-state index in [1.807, 2.05) is 24.3 Å². The zero-order valence-electron chi connectivity index (χ0n) is 9.03. The molecular weight excluding hydrogens is 268 g/mol. The Labute approximate surface area is 103 Å². The number of anilines is 1. The van der Waals surface area contributed by atoms with Crippen LogP contribution in [0.1, 0.15) is 19.1 Å². The van der Waals surface area contributed by atoms with Gasteiger partial charge in [0.1, 0.15) is 5.76 Å². The molecule has 0 aliphatic carbocycles. The summed E-state index contributed by atoms with van der Waals surface area (Å²) in [5, 5.41) is 3.83. The molecule has 16 heavy (non-hydrogen) atoms. The van der Waals surface area contributed by atoms with E-state index >= 15 is 0 Å². The van der Waals surface area contributed by atoms with Crippen LogP contribution in [0.2, 0.25) is 0 Å². The summed E-state index contributed by atoms with van der Waals surface area (Å²) >= 11 is 3.51. The van der Waals surface area contributed by atoms with Crippen LogP contribution in [0.4, 0.5) is 5.82 Å². The van der Waals surface area contributed by atoms with Gasteiger partial charge in [-0.3, -0.25) is 0 Å². The van der Waals surface area contributed by atoms with Crippen molar-refractivity contribution in [3.63, 3.8) is 0 Å². The first-order valence-corrected chi connectivity index (χ1v) is 6.02. The molecule has 0 saturated carbocycles. The van der Waals surface area contributed by atoms with Crippen molar-refractivity contribution in [2.24, 2.45) is 0 Å². The molecule has 0 radical (unpaired) electrons. The van der Waals surface area contributed by atoms with Crippen molar-refractivity contribution in [3.8, 4) is 11.1 Å². The lowest BCUT2D eigenvalue weighted by Crippen LogP contribution is -1.91. The third kappa shape index (κ3) is 1.97. The third-order valence-corrected chi connectivity index (χ3v) is 3.10. The number of hydrogen-bond acceptors (Lipinski definition) is 3. The molecule has 3 nitrogen and oxygen atoms in total. The number of halogens is 1. The second-order valence-electron chi connectivity index (χ2n) is 3.60. The molecular formula is C12H13BrN2O. The highest BCUT2D eigenvalue weighted by Crippen LogP contribution is 2.35. The highest BCUT2D eigenvalue weighted by Gasteiger charge is 2.16. The molecule has 84 valence electrons. The predicted molar refractivity (Wildman–Crippen MR) is 68.0 cm³/mol. The van der Waals surface area contributed by atoms with Crippen molar-refractivity contribution < 1.29 is 4.52 Å². The van der Waals surface area contributed by atoms with Gasteiger partial charge in [-0.15, -0.1) is 0 Å². The maximum Gasteiger partial charge on any atom is 0.175 e. The fourth-order valence-electron chi connectivity index (χ4n) is 1.69. The van der Waals surface area contributed by atoms with E-state index in [1.165, 1.54) is 0 Å². The molecule has 0 amide bonds. The normalized spacial score (nSPS) is 10.6. The first-order valence-electron chi connectivity index (χ1n) is 5.23. The van der Waals surface area contributed by atoms with Gasteiger partial charge in [-0.25, -0.2) is 0 Å². The second-order valence-corrected chi connectivity index (χ2v) is 4.45. The molecule has 0 spiro atoms. The van der Waals surface area contributed by atoms with Crippen LogP contribution in [0.3, 0.4) is 0 Å². The van der Waals surface area contributed by atoms with E-state index in [-0.39, 0.29) is 0 Å². The highest BCUT2D eigenvalue weighted by atomic mass is 79.9. The number of hydrogen-bond donors (Lipinski definition) is 1. The van der Waals surface area contributed by atoms with Gasteiger partial charge in [0.25, 0.3) is 0 Å². The van der Waals surface area contributed by atoms with E-state index in [0.717, 1.165) is 34.2 Å². The Morgan fingerprint density at radius 1 is 1.38 bits per heavy atom. The van der Waals surface area contributed by atoms with E-state index in [2.05, 4.69) is 28.0 Å². The van der Waals surface area contributed by atoms with Crippen molar-refractivity contribution in [2.45, 2.75) is 19.8 Å². The summed E-state index contributed by atoms with van der Waals surface area (Å²) < 4.78 is 6.25. The fraction of sp³-hybridized carbons (Fsp3) is 0.250. The number of nitrogens with two attached hydrogens (primary N) is 1. The summed E-state index contributed by atoms with van der Waals surface area (Å²) in [5.41, 5.74) is 7.79. The van der Waals surface area contributed by atoms with Crippen molar-refractivity contribution in [3.05, 3.63) is 34.5 Å². The van der Waals surface area contributed by atoms with Crippen LogP contribution in [0.25, 0.3) is 11.1 Å². The number of nitrogens with zero attached hydrogens (tertiary/aromatic N) is 1. The first-order chi connectivity index (χ1) is 7.74. The molecule has 1 aromatic carbocycles. The van der Waals surface area contributed by atoms with Crippen LogP contribution in [0.5, 0.6) is 0 Å². The van der Waals surface area contributed by atoms with Gasteiger partial charge in [-0.2, -0.15) is 0 Å². The Hall–Kier alpha value is -1.29. The molecule has 0 saturated heterocycles. The topological polar surface area (TPSA) is 52.0 Å². The minimum absolute atomic E-state index is 0.454. The largest absolute Gasteiger partial charge is 0.380 e. The molecule has 0 bridgehead atoms. The summed E-state index contributed by atoms with van der Waals surface area (Å²) in [7, 11) is 0.